The van der Waals surface area contributed by atoms with Gasteiger partial charge in [-0.2, -0.15) is 5.26 Å². The summed E-state index contributed by atoms with van der Waals surface area (Å²) in [7, 11) is 0. The third kappa shape index (κ3) is 2.08. The van der Waals surface area contributed by atoms with Gasteiger partial charge in [0.25, 0.3) is 0 Å². The van der Waals surface area contributed by atoms with Gasteiger partial charge in [-0.25, -0.2) is 9.37 Å². The summed E-state index contributed by atoms with van der Waals surface area (Å²) in [5.74, 6) is -0.516. The number of nitrogens with one attached hydrogen (secondary N) is 2. The van der Waals surface area contributed by atoms with Crippen LogP contribution >= 0.6 is 0 Å². The molecule has 0 saturated carbocycles. The Labute approximate surface area is 114 Å². The van der Waals surface area contributed by atoms with Crippen LogP contribution in [0.5, 0.6) is 0 Å². The number of halogens is 1. The third-order valence-electron chi connectivity index (χ3n) is 3.13. The first-order valence-electron chi connectivity index (χ1n) is 6.13. The standard InChI is InChI=1S/C15H11FN4/c16-13-4-1-5-14(12(13)7-17)19-8-10-9-20-15-11(10)3-2-6-18-15/h1-6,9,19H,8H2,(H,18,20). The fourth-order valence-corrected chi connectivity index (χ4v) is 2.13. The molecule has 20 heavy (non-hydrogen) atoms. The average molecular weight is 266 g/mol. The molecule has 0 atom stereocenters. The molecule has 0 bridgehead atoms. The zero-order chi connectivity index (χ0) is 13.9. The molecule has 3 rings (SSSR count). The van der Waals surface area contributed by atoms with Gasteiger partial charge >= 0.3 is 0 Å². The number of nitrogens with zero attached hydrogens (tertiary/aromatic N) is 2. The highest BCUT2D eigenvalue weighted by molar-refractivity contribution is 5.79. The van der Waals surface area contributed by atoms with Crippen molar-refractivity contribution >= 4 is 16.7 Å². The first-order valence-corrected chi connectivity index (χ1v) is 6.13. The molecule has 0 aliphatic rings. The van der Waals surface area contributed by atoms with E-state index in [4.69, 9.17) is 5.26 Å². The van der Waals surface area contributed by atoms with Crippen molar-refractivity contribution in [3.63, 3.8) is 0 Å². The van der Waals surface area contributed by atoms with Crippen molar-refractivity contribution in [3.05, 3.63) is 59.7 Å². The van der Waals surface area contributed by atoms with Crippen LogP contribution < -0.4 is 5.32 Å². The number of benzene rings is 1. The van der Waals surface area contributed by atoms with Crippen molar-refractivity contribution in [1.29, 1.82) is 5.26 Å². The summed E-state index contributed by atoms with van der Waals surface area (Å²) in [5.41, 5.74) is 2.35. The molecule has 0 spiro atoms. The number of rotatable bonds is 3. The number of H-pyrrole nitrogens is 1. The zero-order valence-electron chi connectivity index (χ0n) is 10.5. The fraction of sp³-hybridized carbons (Fsp3) is 0.0667. The smallest absolute Gasteiger partial charge is 0.143 e. The van der Waals surface area contributed by atoms with Gasteiger partial charge in [0.2, 0.25) is 0 Å². The second kappa shape index (κ2) is 5.02. The fourth-order valence-electron chi connectivity index (χ4n) is 2.13. The lowest BCUT2D eigenvalue weighted by molar-refractivity contribution is 0.624. The molecule has 3 aromatic rings. The van der Waals surface area contributed by atoms with E-state index in [2.05, 4.69) is 15.3 Å². The van der Waals surface area contributed by atoms with Gasteiger partial charge in [-0.1, -0.05) is 6.07 Å². The highest BCUT2D eigenvalue weighted by atomic mass is 19.1. The molecule has 0 unspecified atom stereocenters. The predicted octanol–water partition coefficient (Wildman–Crippen LogP) is 3.19. The van der Waals surface area contributed by atoms with Crippen molar-refractivity contribution in [2.24, 2.45) is 0 Å². The van der Waals surface area contributed by atoms with Crippen LogP contribution in [0.3, 0.4) is 0 Å². The van der Waals surface area contributed by atoms with Gasteiger partial charge in [0.05, 0.1) is 5.69 Å². The van der Waals surface area contributed by atoms with E-state index in [1.54, 1.807) is 18.3 Å². The first kappa shape index (κ1) is 12.2. The summed E-state index contributed by atoms with van der Waals surface area (Å²) in [5, 5.41) is 13.1. The molecular formula is C15H11FN4. The molecule has 0 aliphatic heterocycles. The lowest BCUT2D eigenvalue weighted by Gasteiger charge is -2.07. The summed E-state index contributed by atoms with van der Waals surface area (Å²) >= 11 is 0. The molecule has 2 heterocycles. The Bertz CT molecular complexity index is 801. The Morgan fingerprint density at radius 3 is 3.05 bits per heavy atom. The molecule has 1 aromatic carbocycles. The van der Waals surface area contributed by atoms with Gasteiger partial charge in [0.1, 0.15) is 23.1 Å². The Balaban J connectivity index is 1.87. The van der Waals surface area contributed by atoms with Crippen molar-refractivity contribution in [2.45, 2.75) is 6.54 Å². The van der Waals surface area contributed by atoms with E-state index in [-0.39, 0.29) is 5.56 Å². The minimum atomic E-state index is -0.516. The first-order chi connectivity index (χ1) is 9.79. The molecule has 0 aliphatic carbocycles. The number of fused-ring (bicyclic) bond motifs is 1. The number of aromatic nitrogens is 2. The van der Waals surface area contributed by atoms with Crippen LogP contribution in [0.4, 0.5) is 10.1 Å². The maximum Gasteiger partial charge on any atom is 0.143 e. The molecule has 4 nitrogen and oxygen atoms in total. The van der Waals surface area contributed by atoms with Gasteiger partial charge in [-0.05, 0) is 29.8 Å². The van der Waals surface area contributed by atoms with Crippen LogP contribution in [0.25, 0.3) is 11.0 Å². The molecule has 0 amide bonds. The maximum atomic E-state index is 13.5. The molecule has 2 N–H and O–H groups in total. The quantitative estimate of drug-likeness (QED) is 0.765. The van der Waals surface area contributed by atoms with Crippen molar-refractivity contribution in [2.75, 3.05) is 5.32 Å². The maximum absolute atomic E-state index is 13.5. The van der Waals surface area contributed by atoms with E-state index in [9.17, 15) is 4.39 Å². The van der Waals surface area contributed by atoms with Gasteiger partial charge in [0, 0.05) is 24.3 Å². The third-order valence-corrected chi connectivity index (χ3v) is 3.13. The van der Waals surface area contributed by atoms with E-state index in [1.165, 1.54) is 6.07 Å². The number of nitriles is 1. The van der Waals surface area contributed by atoms with Crippen LogP contribution in [-0.2, 0) is 6.54 Å². The predicted molar refractivity (Wildman–Crippen MR) is 74.5 cm³/mol. The number of hydrogen-bond donors (Lipinski definition) is 2. The largest absolute Gasteiger partial charge is 0.380 e. The minimum absolute atomic E-state index is 0.0328. The monoisotopic (exact) mass is 266 g/mol. The van der Waals surface area contributed by atoms with Crippen molar-refractivity contribution < 1.29 is 4.39 Å². The summed E-state index contributed by atoms with van der Waals surface area (Å²) < 4.78 is 13.5. The second-order valence-corrected chi connectivity index (χ2v) is 4.34. The van der Waals surface area contributed by atoms with E-state index in [0.717, 1.165) is 16.6 Å². The number of anilines is 1. The van der Waals surface area contributed by atoms with Crippen LogP contribution in [0.2, 0.25) is 0 Å². The van der Waals surface area contributed by atoms with E-state index in [1.807, 2.05) is 24.4 Å². The summed E-state index contributed by atoms with van der Waals surface area (Å²) in [6.07, 6.45) is 3.58. The highest BCUT2D eigenvalue weighted by Gasteiger charge is 2.08. The van der Waals surface area contributed by atoms with Crippen LogP contribution in [0.1, 0.15) is 11.1 Å². The van der Waals surface area contributed by atoms with E-state index < -0.39 is 5.82 Å². The highest BCUT2D eigenvalue weighted by Crippen LogP contribution is 2.21. The number of pyridine rings is 1. The van der Waals surface area contributed by atoms with Crippen LogP contribution in [-0.4, -0.2) is 9.97 Å². The lowest BCUT2D eigenvalue weighted by atomic mass is 10.1. The SMILES string of the molecule is N#Cc1c(F)cccc1NCc1c[nH]c2ncccc12. The van der Waals surface area contributed by atoms with E-state index >= 15 is 0 Å². The summed E-state index contributed by atoms with van der Waals surface area (Å²) in [6, 6.07) is 10.2. The zero-order valence-corrected chi connectivity index (χ0v) is 10.5. The van der Waals surface area contributed by atoms with Gasteiger partial charge in [-0.15, -0.1) is 0 Å². The van der Waals surface area contributed by atoms with Crippen LogP contribution in [0.15, 0.2) is 42.7 Å². The molecule has 0 saturated heterocycles. The summed E-state index contributed by atoms with van der Waals surface area (Å²) in [6.45, 7) is 0.490. The number of hydrogen-bond acceptors (Lipinski definition) is 3. The Morgan fingerprint density at radius 2 is 2.20 bits per heavy atom. The van der Waals surface area contributed by atoms with Crippen molar-refractivity contribution in [3.8, 4) is 6.07 Å². The minimum Gasteiger partial charge on any atom is -0.380 e. The molecule has 5 heteroatoms. The Morgan fingerprint density at radius 1 is 1.30 bits per heavy atom. The van der Waals surface area contributed by atoms with Gasteiger partial charge < -0.3 is 10.3 Å². The molecule has 0 radical (unpaired) electrons. The van der Waals surface area contributed by atoms with Crippen molar-refractivity contribution in [1.82, 2.24) is 9.97 Å². The summed E-state index contributed by atoms with van der Waals surface area (Å²) in [4.78, 5) is 7.28. The normalized spacial score (nSPS) is 10.4. The topological polar surface area (TPSA) is 64.5 Å². The number of aromatic amines is 1. The molecule has 2 aromatic heterocycles. The lowest BCUT2D eigenvalue weighted by Crippen LogP contribution is -2.02. The second-order valence-electron chi connectivity index (χ2n) is 4.34. The van der Waals surface area contributed by atoms with Crippen LogP contribution in [0, 0.1) is 17.1 Å². The Kier molecular flexibility index (Phi) is 3.05. The van der Waals surface area contributed by atoms with Gasteiger partial charge in [-0.3, -0.25) is 0 Å². The van der Waals surface area contributed by atoms with Gasteiger partial charge in [0.15, 0.2) is 0 Å². The molecule has 98 valence electrons. The molecular weight excluding hydrogens is 255 g/mol. The Hall–Kier alpha value is -2.87. The molecule has 0 fully saturated rings. The van der Waals surface area contributed by atoms with E-state index in [0.29, 0.717) is 12.2 Å². The average Bonchev–Trinajstić information content (AvgIpc) is 2.88.